The number of carbonyl (C=O) groups is 1. The summed E-state index contributed by atoms with van der Waals surface area (Å²) in [4.78, 5) is 11.1. The Hall–Kier alpha value is -1.05. The van der Waals surface area contributed by atoms with Gasteiger partial charge in [-0.05, 0) is 33.8 Å². The molecule has 0 N–H and O–H groups in total. The van der Waals surface area contributed by atoms with E-state index < -0.39 is 0 Å². The molecule has 0 aromatic heterocycles. The molecule has 0 aliphatic carbocycles. The molecule has 0 rings (SSSR count). The summed E-state index contributed by atoms with van der Waals surface area (Å²) >= 11 is 0. The zero-order valence-corrected chi connectivity index (χ0v) is 8.18. The minimum absolute atomic E-state index is 0.237. The van der Waals surface area contributed by atoms with E-state index in [1.807, 2.05) is 26.0 Å². The molecule has 0 bridgehead atoms. The molecule has 0 radical (unpaired) electrons. The maximum absolute atomic E-state index is 11.1. The Morgan fingerprint density at radius 3 is 2.42 bits per heavy atom. The lowest BCUT2D eigenvalue weighted by Gasteiger charge is -2.00. The van der Waals surface area contributed by atoms with Crippen LogP contribution in [0.25, 0.3) is 0 Å². The summed E-state index contributed by atoms with van der Waals surface area (Å²) in [5.74, 6) is -0.237. The largest absolute Gasteiger partial charge is 0.463 e. The second-order valence-corrected chi connectivity index (χ2v) is 2.58. The van der Waals surface area contributed by atoms with Gasteiger partial charge in [-0.2, -0.15) is 0 Å². The fourth-order valence-corrected chi connectivity index (χ4v) is 0.729. The van der Waals surface area contributed by atoms with Crippen LogP contribution in [0.2, 0.25) is 0 Å². The van der Waals surface area contributed by atoms with Gasteiger partial charge in [-0.3, -0.25) is 0 Å². The van der Waals surface area contributed by atoms with E-state index in [4.69, 9.17) is 4.74 Å². The van der Waals surface area contributed by atoms with Crippen molar-refractivity contribution in [2.24, 2.45) is 0 Å². The van der Waals surface area contributed by atoms with E-state index in [-0.39, 0.29) is 5.97 Å². The lowest BCUT2D eigenvalue weighted by Crippen LogP contribution is -2.04. The number of allylic oxidation sites excluding steroid dienone is 3. The van der Waals surface area contributed by atoms with E-state index in [1.54, 1.807) is 13.8 Å². The number of hydrogen-bond donors (Lipinski definition) is 0. The van der Waals surface area contributed by atoms with Gasteiger partial charge in [0.1, 0.15) is 0 Å². The second kappa shape index (κ2) is 5.58. The zero-order chi connectivity index (χ0) is 9.56. The van der Waals surface area contributed by atoms with Crippen LogP contribution in [0.4, 0.5) is 0 Å². The fourth-order valence-electron chi connectivity index (χ4n) is 0.729. The average Bonchev–Trinajstić information content (AvgIpc) is 2.04. The van der Waals surface area contributed by atoms with Crippen LogP contribution < -0.4 is 0 Å². The molecule has 0 aromatic carbocycles. The molecule has 0 atom stereocenters. The third kappa shape index (κ3) is 3.96. The van der Waals surface area contributed by atoms with Gasteiger partial charge >= 0.3 is 5.97 Å². The number of carbonyl (C=O) groups excluding carboxylic acids is 1. The molecule has 0 amide bonds. The lowest BCUT2D eigenvalue weighted by atomic mass is 10.2. The molecule has 0 spiro atoms. The monoisotopic (exact) mass is 168 g/mol. The molecule has 0 aromatic rings. The van der Waals surface area contributed by atoms with E-state index in [9.17, 15) is 4.79 Å². The number of hydrogen-bond acceptors (Lipinski definition) is 2. The van der Waals surface area contributed by atoms with E-state index in [0.717, 1.165) is 5.57 Å². The molecule has 0 fully saturated rings. The van der Waals surface area contributed by atoms with E-state index >= 15 is 0 Å². The average molecular weight is 168 g/mol. The summed E-state index contributed by atoms with van der Waals surface area (Å²) in [6.07, 6.45) is 3.76. The van der Waals surface area contributed by atoms with Crippen LogP contribution in [0.3, 0.4) is 0 Å². The molecule has 0 saturated heterocycles. The lowest BCUT2D eigenvalue weighted by molar-refractivity contribution is -0.138. The molecule has 0 aliphatic rings. The van der Waals surface area contributed by atoms with Crippen molar-refractivity contribution in [3.05, 3.63) is 23.3 Å². The first-order chi connectivity index (χ1) is 5.61. The van der Waals surface area contributed by atoms with Crippen molar-refractivity contribution >= 4 is 5.97 Å². The van der Waals surface area contributed by atoms with Crippen molar-refractivity contribution in [1.29, 1.82) is 0 Å². The maximum atomic E-state index is 11.1. The molecule has 2 heteroatoms. The van der Waals surface area contributed by atoms with Crippen LogP contribution in [0.15, 0.2) is 23.3 Å². The van der Waals surface area contributed by atoms with Crippen molar-refractivity contribution in [2.45, 2.75) is 27.7 Å². The summed E-state index contributed by atoms with van der Waals surface area (Å²) < 4.78 is 4.81. The standard InChI is InChI=1S/C10H16O2/c1-5-8(3)7-9(4)10(11)12-6-2/h5,7H,6H2,1-4H3/b8-5-,9-7+. The summed E-state index contributed by atoms with van der Waals surface area (Å²) in [5.41, 5.74) is 1.72. The van der Waals surface area contributed by atoms with Crippen LogP contribution in [0.1, 0.15) is 27.7 Å². The summed E-state index contributed by atoms with van der Waals surface area (Å²) in [7, 11) is 0. The first-order valence-corrected chi connectivity index (χ1v) is 4.10. The Balaban J connectivity index is 4.27. The Kier molecular flexibility index (Phi) is 5.09. The highest BCUT2D eigenvalue weighted by Gasteiger charge is 2.02. The number of ether oxygens (including phenoxy) is 1. The first-order valence-electron chi connectivity index (χ1n) is 4.10. The molecule has 0 saturated carbocycles. The highest BCUT2D eigenvalue weighted by molar-refractivity contribution is 5.88. The van der Waals surface area contributed by atoms with Crippen molar-refractivity contribution < 1.29 is 9.53 Å². The predicted molar refractivity (Wildman–Crippen MR) is 49.8 cm³/mol. The number of esters is 1. The Morgan fingerprint density at radius 2 is 2.00 bits per heavy atom. The molecule has 0 unspecified atom stereocenters. The van der Waals surface area contributed by atoms with Crippen LogP contribution in [0.5, 0.6) is 0 Å². The van der Waals surface area contributed by atoms with Gasteiger partial charge in [0.05, 0.1) is 6.61 Å². The Bertz CT molecular complexity index is 212. The van der Waals surface area contributed by atoms with Gasteiger partial charge < -0.3 is 4.74 Å². The zero-order valence-electron chi connectivity index (χ0n) is 8.18. The molecule has 2 nitrogen and oxygen atoms in total. The molecule has 0 aliphatic heterocycles. The molecule has 68 valence electrons. The third-order valence-electron chi connectivity index (χ3n) is 1.50. The highest BCUT2D eigenvalue weighted by Crippen LogP contribution is 2.02. The predicted octanol–water partition coefficient (Wildman–Crippen LogP) is 2.46. The molecular formula is C10H16O2. The van der Waals surface area contributed by atoms with Crippen LogP contribution >= 0.6 is 0 Å². The SMILES string of the molecule is C/C=C(C)\C=C(/C)C(=O)OCC. The third-order valence-corrected chi connectivity index (χ3v) is 1.50. The first kappa shape index (κ1) is 11.0. The van der Waals surface area contributed by atoms with Crippen LogP contribution in [0, 0.1) is 0 Å². The molecule has 12 heavy (non-hydrogen) atoms. The normalized spacial score (nSPS) is 13.0. The molecular weight excluding hydrogens is 152 g/mol. The Morgan fingerprint density at radius 1 is 1.42 bits per heavy atom. The second-order valence-electron chi connectivity index (χ2n) is 2.58. The topological polar surface area (TPSA) is 26.3 Å². The smallest absolute Gasteiger partial charge is 0.333 e. The van der Waals surface area contributed by atoms with Crippen molar-refractivity contribution in [3.8, 4) is 0 Å². The van der Waals surface area contributed by atoms with Crippen LogP contribution in [-0.4, -0.2) is 12.6 Å². The van der Waals surface area contributed by atoms with Gasteiger partial charge in [0.15, 0.2) is 0 Å². The van der Waals surface area contributed by atoms with E-state index in [1.165, 1.54) is 0 Å². The maximum Gasteiger partial charge on any atom is 0.333 e. The van der Waals surface area contributed by atoms with Crippen molar-refractivity contribution in [3.63, 3.8) is 0 Å². The number of rotatable bonds is 3. The highest BCUT2D eigenvalue weighted by atomic mass is 16.5. The summed E-state index contributed by atoms with van der Waals surface area (Å²) in [6, 6.07) is 0. The van der Waals surface area contributed by atoms with Gasteiger partial charge in [0.2, 0.25) is 0 Å². The van der Waals surface area contributed by atoms with Gasteiger partial charge in [-0.25, -0.2) is 4.79 Å². The quantitative estimate of drug-likeness (QED) is 0.367. The Labute approximate surface area is 73.9 Å². The van der Waals surface area contributed by atoms with E-state index in [2.05, 4.69) is 0 Å². The minimum Gasteiger partial charge on any atom is -0.463 e. The minimum atomic E-state index is -0.237. The van der Waals surface area contributed by atoms with Crippen molar-refractivity contribution in [1.82, 2.24) is 0 Å². The van der Waals surface area contributed by atoms with Crippen LogP contribution in [-0.2, 0) is 9.53 Å². The van der Waals surface area contributed by atoms with Gasteiger partial charge in [-0.15, -0.1) is 0 Å². The van der Waals surface area contributed by atoms with Gasteiger partial charge in [0.25, 0.3) is 0 Å². The van der Waals surface area contributed by atoms with E-state index in [0.29, 0.717) is 12.2 Å². The van der Waals surface area contributed by atoms with Gasteiger partial charge in [-0.1, -0.05) is 11.6 Å². The summed E-state index contributed by atoms with van der Waals surface area (Å²) in [6.45, 7) is 7.87. The van der Waals surface area contributed by atoms with Crippen molar-refractivity contribution in [2.75, 3.05) is 6.61 Å². The van der Waals surface area contributed by atoms with Gasteiger partial charge in [0, 0.05) is 5.57 Å². The molecule has 0 heterocycles. The summed E-state index contributed by atoms with van der Waals surface area (Å²) in [5, 5.41) is 0. The fraction of sp³-hybridized carbons (Fsp3) is 0.500.